The first-order chi connectivity index (χ1) is 16.1. The van der Waals surface area contributed by atoms with E-state index in [-0.39, 0.29) is 0 Å². The minimum Gasteiger partial charge on any atom is -0.431 e. The van der Waals surface area contributed by atoms with Crippen molar-refractivity contribution < 1.29 is 19.1 Å². The molecule has 0 saturated carbocycles. The third kappa shape index (κ3) is 6.25. The van der Waals surface area contributed by atoms with Crippen LogP contribution in [0.3, 0.4) is 0 Å². The van der Waals surface area contributed by atoms with Gasteiger partial charge in [0.25, 0.3) is 5.91 Å². The highest BCUT2D eigenvalue weighted by Gasteiger charge is 2.25. The maximum absolute atomic E-state index is 13.1. The first-order valence-electron chi connectivity index (χ1n) is 10.6. The third-order valence-electron chi connectivity index (χ3n) is 5.17. The van der Waals surface area contributed by atoms with E-state index in [4.69, 9.17) is 21.1 Å². The van der Waals surface area contributed by atoms with E-state index in [9.17, 15) is 9.59 Å². The number of nitrogens with zero attached hydrogens (tertiary/aromatic N) is 1. The van der Waals surface area contributed by atoms with Crippen LogP contribution in [0.25, 0.3) is 0 Å². The van der Waals surface area contributed by atoms with E-state index in [2.05, 4.69) is 15.5 Å². The van der Waals surface area contributed by atoms with Crippen molar-refractivity contribution in [2.45, 2.75) is 6.10 Å². The summed E-state index contributed by atoms with van der Waals surface area (Å²) in [5.74, 6) is -0.452. The third-order valence-corrected chi connectivity index (χ3v) is 5.42. The van der Waals surface area contributed by atoms with E-state index < -0.39 is 18.1 Å². The predicted molar refractivity (Wildman–Crippen MR) is 129 cm³/mol. The molecular formula is C25H24ClN3O4. The first-order valence-corrected chi connectivity index (χ1v) is 11.0. The minimum absolute atomic E-state index is 0.452. The smallest absolute Gasteiger partial charge is 0.412 e. The Labute approximate surface area is 197 Å². The minimum atomic E-state index is -1.13. The highest BCUT2D eigenvalue weighted by molar-refractivity contribution is 6.30. The van der Waals surface area contributed by atoms with Crippen LogP contribution in [-0.2, 0) is 14.3 Å². The summed E-state index contributed by atoms with van der Waals surface area (Å²) in [7, 11) is 0. The Morgan fingerprint density at radius 2 is 1.45 bits per heavy atom. The number of morpholine rings is 1. The summed E-state index contributed by atoms with van der Waals surface area (Å²) < 4.78 is 10.9. The zero-order valence-corrected chi connectivity index (χ0v) is 18.6. The van der Waals surface area contributed by atoms with Crippen LogP contribution in [0, 0.1) is 0 Å². The molecule has 0 aliphatic carbocycles. The second-order valence-electron chi connectivity index (χ2n) is 7.46. The lowest BCUT2D eigenvalue weighted by atomic mass is 10.1. The van der Waals surface area contributed by atoms with Crippen molar-refractivity contribution in [2.24, 2.45) is 0 Å². The molecule has 1 atom stereocenters. The van der Waals surface area contributed by atoms with Crippen molar-refractivity contribution in [2.75, 3.05) is 41.8 Å². The zero-order chi connectivity index (χ0) is 23.0. The van der Waals surface area contributed by atoms with Gasteiger partial charge in [0.1, 0.15) is 0 Å². The standard InChI is InChI=1S/C25H24ClN3O4/c26-19-6-8-21(9-7-19)28-25(31)33-23(18-4-2-1-3-5-18)24(30)27-20-10-12-22(13-11-20)29-14-16-32-17-15-29/h1-13,23H,14-17H2,(H,27,30)(H,28,31). The van der Waals surface area contributed by atoms with Crippen molar-refractivity contribution in [3.8, 4) is 0 Å². The highest BCUT2D eigenvalue weighted by atomic mass is 35.5. The van der Waals surface area contributed by atoms with Gasteiger partial charge in [0, 0.05) is 40.7 Å². The highest BCUT2D eigenvalue weighted by Crippen LogP contribution is 2.23. The van der Waals surface area contributed by atoms with Gasteiger partial charge < -0.3 is 19.7 Å². The van der Waals surface area contributed by atoms with E-state index >= 15 is 0 Å². The molecule has 4 rings (SSSR count). The molecule has 8 heteroatoms. The molecular weight excluding hydrogens is 442 g/mol. The monoisotopic (exact) mass is 465 g/mol. The van der Waals surface area contributed by atoms with Crippen LogP contribution >= 0.6 is 11.6 Å². The summed E-state index contributed by atoms with van der Waals surface area (Å²) in [4.78, 5) is 27.8. The van der Waals surface area contributed by atoms with Gasteiger partial charge in [-0.2, -0.15) is 0 Å². The molecule has 0 aromatic heterocycles. The van der Waals surface area contributed by atoms with Crippen LogP contribution in [0.1, 0.15) is 11.7 Å². The first kappa shape index (κ1) is 22.6. The number of amides is 2. The van der Waals surface area contributed by atoms with Crippen molar-refractivity contribution in [1.82, 2.24) is 0 Å². The van der Waals surface area contributed by atoms with Gasteiger partial charge in [-0.1, -0.05) is 41.9 Å². The summed E-state index contributed by atoms with van der Waals surface area (Å²) in [5, 5.41) is 6.01. The van der Waals surface area contributed by atoms with Crippen LogP contribution in [0.15, 0.2) is 78.9 Å². The number of carbonyl (C=O) groups excluding carboxylic acids is 2. The van der Waals surface area contributed by atoms with Crippen molar-refractivity contribution in [1.29, 1.82) is 0 Å². The number of anilines is 3. The quantitative estimate of drug-likeness (QED) is 0.529. The Kier molecular flexibility index (Phi) is 7.44. The predicted octanol–water partition coefficient (Wildman–Crippen LogP) is 5.11. The van der Waals surface area contributed by atoms with E-state index in [1.165, 1.54) is 0 Å². The second-order valence-corrected chi connectivity index (χ2v) is 7.90. The molecule has 1 unspecified atom stereocenters. The van der Waals surface area contributed by atoms with Crippen molar-refractivity contribution in [3.05, 3.63) is 89.4 Å². The Hall–Kier alpha value is -3.55. The van der Waals surface area contributed by atoms with Gasteiger partial charge in [0.15, 0.2) is 0 Å². The van der Waals surface area contributed by atoms with Gasteiger partial charge in [-0.05, 0) is 48.5 Å². The van der Waals surface area contributed by atoms with Crippen LogP contribution in [0.4, 0.5) is 21.9 Å². The van der Waals surface area contributed by atoms with E-state index in [1.54, 1.807) is 48.5 Å². The average molecular weight is 466 g/mol. The molecule has 1 heterocycles. The summed E-state index contributed by atoms with van der Waals surface area (Å²) in [6.45, 7) is 3.07. The molecule has 0 radical (unpaired) electrons. The average Bonchev–Trinajstić information content (AvgIpc) is 2.85. The van der Waals surface area contributed by atoms with E-state index in [1.807, 2.05) is 30.3 Å². The maximum Gasteiger partial charge on any atom is 0.412 e. The Morgan fingerprint density at radius 1 is 0.848 bits per heavy atom. The number of nitrogens with one attached hydrogen (secondary N) is 2. The number of rotatable bonds is 6. The summed E-state index contributed by atoms with van der Waals surface area (Å²) in [6.07, 6.45) is -1.87. The lowest BCUT2D eigenvalue weighted by molar-refractivity contribution is -0.124. The molecule has 1 saturated heterocycles. The van der Waals surface area contributed by atoms with Gasteiger partial charge in [0.2, 0.25) is 6.10 Å². The normalized spacial score (nSPS) is 14.3. The fourth-order valence-electron chi connectivity index (χ4n) is 3.47. The lowest BCUT2D eigenvalue weighted by Crippen LogP contribution is -2.36. The Morgan fingerprint density at radius 3 is 2.12 bits per heavy atom. The summed E-state index contributed by atoms with van der Waals surface area (Å²) in [6, 6.07) is 23.0. The molecule has 3 aromatic carbocycles. The van der Waals surface area contributed by atoms with Gasteiger partial charge in [-0.3, -0.25) is 10.1 Å². The number of hydrogen-bond donors (Lipinski definition) is 2. The zero-order valence-electron chi connectivity index (χ0n) is 17.9. The molecule has 0 bridgehead atoms. The molecule has 1 aliphatic rings. The molecule has 2 amide bonds. The SMILES string of the molecule is O=C(Nc1ccc(Cl)cc1)OC(C(=O)Nc1ccc(N2CCOCC2)cc1)c1ccccc1. The number of halogens is 1. The molecule has 170 valence electrons. The molecule has 7 nitrogen and oxygen atoms in total. The van der Waals surface area contributed by atoms with Crippen LogP contribution in [-0.4, -0.2) is 38.3 Å². The van der Waals surface area contributed by atoms with Gasteiger partial charge in [-0.25, -0.2) is 4.79 Å². The number of hydrogen-bond acceptors (Lipinski definition) is 5. The van der Waals surface area contributed by atoms with Gasteiger partial charge in [0.05, 0.1) is 13.2 Å². The van der Waals surface area contributed by atoms with Crippen LogP contribution in [0.2, 0.25) is 5.02 Å². The van der Waals surface area contributed by atoms with Crippen molar-refractivity contribution >= 4 is 40.7 Å². The number of ether oxygens (including phenoxy) is 2. The Balaban J connectivity index is 1.44. The number of carbonyl (C=O) groups is 2. The van der Waals surface area contributed by atoms with Gasteiger partial charge >= 0.3 is 6.09 Å². The Bertz CT molecular complexity index is 1070. The molecule has 33 heavy (non-hydrogen) atoms. The fourth-order valence-corrected chi connectivity index (χ4v) is 3.60. The molecule has 2 N–H and O–H groups in total. The fraction of sp³-hybridized carbons (Fsp3) is 0.200. The van der Waals surface area contributed by atoms with Crippen LogP contribution in [0.5, 0.6) is 0 Å². The van der Waals surface area contributed by atoms with Crippen LogP contribution < -0.4 is 15.5 Å². The maximum atomic E-state index is 13.1. The topological polar surface area (TPSA) is 79.9 Å². The second kappa shape index (κ2) is 10.8. The van der Waals surface area contributed by atoms with E-state index in [0.717, 1.165) is 18.8 Å². The number of benzene rings is 3. The largest absolute Gasteiger partial charge is 0.431 e. The molecule has 0 spiro atoms. The molecule has 1 aliphatic heterocycles. The molecule has 3 aromatic rings. The summed E-state index contributed by atoms with van der Waals surface area (Å²) in [5.41, 5.74) is 2.75. The van der Waals surface area contributed by atoms with Crippen molar-refractivity contribution in [3.63, 3.8) is 0 Å². The lowest BCUT2D eigenvalue weighted by Gasteiger charge is -2.29. The molecule has 1 fully saturated rings. The summed E-state index contributed by atoms with van der Waals surface area (Å²) >= 11 is 5.88. The van der Waals surface area contributed by atoms with Gasteiger partial charge in [-0.15, -0.1) is 0 Å². The van der Waals surface area contributed by atoms with E-state index in [0.29, 0.717) is 35.2 Å².